The number of ketones is 1. The van der Waals surface area contributed by atoms with Crippen molar-refractivity contribution in [2.24, 2.45) is 11.7 Å². The molecule has 0 heterocycles. The average molecular weight is 275 g/mol. The zero-order chi connectivity index (χ0) is 14.4. The second kappa shape index (κ2) is 7.44. The summed E-state index contributed by atoms with van der Waals surface area (Å²) in [5, 5.41) is 0. The van der Waals surface area contributed by atoms with Crippen molar-refractivity contribution < 1.29 is 9.53 Å². The molecular formula is C17H25NO2. The van der Waals surface area contributed by atoms with E-state index in [1.54, 1.807) is 0 Å². The van der Waals surface area contributed by atoms with Crippen LogP contribution in [0.25, 0.3) is 0 Å². The van der Waals surface area contributed by atoms with Gasteiger partial charge in [0.1, 0.15) is 5.75 Å². The highest BCUT2D eigenvalue weighted by Crippen LogP contribution is 2.27. The van der Waals surface area contributed by atoms with Gasteiger partial charge in [-0.1, -0.05) is 25.5 Å². The minimum atomic E-state index is 0.210. The van der Waals surface area contributed by atoms with Crippen molar-refractivity contribution in [1.29, 1.82) is 0 Å². The van der Waals surface area contributed by atoms with Crippen LogP contribution in [0.1, 0.15) is 55.8 Å². The van der Waals surface area contributed by atoms with Crippen molar-refractivity contribution in [2.45, 2.75) is 51.6 Å². The minimum absolute atomic E-state index is 0.210. The third-order valence-electron chi connectivity index (χ3n) is 3.92. The first kappa shape index (κ1) is 15.0. The number of carbonyl (C=O) groups excluding carboxylic acids is 1. The molecule has 110 valence electrons. The van der Waals surface area contributed by atoms with Crippen LogP contribution in [-0.4, -0.2) is 18.4 Å². The molecule has 0 spiro atoms. The molecule has 2 N–H and O–H groups in total. The zero-order valence-corrected chi connectivity index (χ0v) is 12.3. The molecule has 1 aromatic rings. The Morgan fingerprint density at radius 2 is 2.20 bits per heavy atom. The lowest BCUT2D eigenvalue weighted by Gasteiger charge is -2.13. The van der Waals surface area contributed by atoms with Gasteiger partial charge >= 0.3 is 0 Å². The fourth-order valence-electron chi connectivity index (χ4n) is 2.39. The predicted molar refractivity (Wildman–Crippen MR) is 81.1 cm³/mol. The molecule has 1 aromatic carbocycles. The molecule has 3 nitrogen and oxygen atoms in total. The molecule has 0 saturated heterocycles. The van der Waals surface area contributed by atoms with Crippen molar-refractivity contribution in [3.63, 3.8) is 0 Å². The third kappa shape index (κ3) is 4.64. The molecule has 0 bridgehead atoms. The SMILES string of the molecule is CCC(CCN)CCC(=O)c1cccc(OC2CC2)c1. The van der Waals surface area contributed by atoms with Crippen LogP contribution in [0.2, 0.25) is 0 Å². The maximum Gasteiger partial charge on any atom is 0.163 e. The van der Waals surface area contributed by atoms with Crippen LogP contribution < -0.4 is 10.5 Å². The molecule has 1 aliphatic carbocycles. The van der Waals surface area contributed by atoms with Gasteiger partial charge in [0.05, 0.1) is 6.10 Å². The number of ether oxygens (including phenoxy) is 1. The summed E-state index contributed by atoms with van der Waals surface area (Å²) in [6.07, 6.45) is 6.27. The zero-order valence-electron chi connectivity index (χ0n) is 12.3. The Morgan fingerprint density at radius 1 is 1.40 bits per heavy atom. The first-order valence-corrected chi connectivity index (χ1v) is 7.73. The maximum atomic E-state index is 12.2. The van der Waals surface area contributed by atoms with Crippen molar-refractivity contribution in [3.05, 3.63) is 29.8 Å². The Labute approximate surface area is 121 Å². The quantitative estimate of drug-likeness (QED) is 0.701. The maximum absolute atomic E-state index is 12.2. The fraction of sp³-hybridized carbons (Fsp3) is 0.588. The van der Waals surface area contributed by atoms with E-state index < -0.39 is 0 Å². The molecule has 1 atom stereocenters. The molecule has 0 amide bonds. The van der Waals surface area contributed by atoms with Gasteiger partial charge in [-0.15, -0.1) is 0 Å². The minimum Gasteiger partial charge on any atom is -0.490 e. The van der Waals surface area contributed by atoms with Gasteiger partial charge in [-0.3, -0.25) is 4.79 Å². The van der Waals surface area contributed by atoms with Crippen molar-refractivity contribution in [2.75, 3.05) is 6.54 Å². The third-order valence-corrected chi connectivity index (χ3v) is 3.92. The number of nitrogens with two attached hydrogens (primary N) is 1. The lowest BCUT2D eigenvalue weighted by atomic mass is 9.94. The Bertz CT molecular complexity index is 440. The van der Waals surface area contributed by atoms with Gasteiger partial charge in [0.25, 0.3) is 0 Å². The largest absolute Gasteiger partial charge is 0.490 e. The molecule has 1 fully saturated rings. The van der Waals surface area contributed by atoms with Crippen LogP contribution >= 0.6 is 0 Å². The van der Waals surface area contributed by atoms with E-state index >= 15 is 0 Å². The van der Waals surface area contributed by atoms with E-state index in [-0.39, 0.29) is 5.78 Å². The van der Waals surface area contributed by atoms with E-state index in [1.165, 1.54) is 0 Å². The molecule has 1 unspecified atom stereocenters. The number of carbonyl (C=O) groups is 1. The molecule has 2 rings (SSSR count). The van der Waals surface area contributed by atoms with Gasteiger partial charge in [-0.2, -0.15) is 0 Å². The van der Waals surface area contributed by atoms with E-state index in [4.69, 9.17) is 10.5 Å². The monoisotopic (exact) mass is 275 g/mol. The summed E-state index contributed by atoms with van der Waals surface area (Å²) in [6.45, 7) is 2.87. The fourth-order valence-corrected chi connectivity index (χ4v) is 2.39. The summed E-state index contributed by atoms with van der Waals surface area (Å²) >= 11 is 0. The Morgan fingerprint density at radius 3 is 2.85 bits per heavy atom. The number of benzene rings is 1. The first-order valence-electron chi connectivity index (χ1n) is 7.73. The first-order chi connectivity index (χ1) is 9.72. The summed E-state index contributed by atoms with van der Waals surface area (Å²) < 4.78 is 5.73. The van der Waals surface area contributed by atoms with Gasteiger partial charge in [-0.05, 0) is 50.3 Å². The number of Topliss-reactive ketones (excluding diaryl/α,β-unsaturated/α-hetero) is 1. The van der Waals surface area contributed by atoms with Gasteiger partial charge in [0.2, 0.25) is 0 Å². The Balaban J connectivity index is 1.87. The van der Waals surface area contributed by atoms with Crippen molar-refractivity contribution in [3.8, 4) is 5.75 Å². The normalized spacial score (nSPS) is 15.9. The van der Waals surface area contributed by atoms with E-state index in [0.717, 1.165) is 43.4 Å². The van der Waals surface area contributed by atoms with Crippen LogP contribution in [0.5, 0.6) is 5.75 Å². The molecule has 1 saturated carbocycles. The highest BCUT2D eigenvalue weighted by molar-refractivity contribution is 5.96. The average Bonchev–Trinajstić information content (AvgIpc) is 3.27. The molecule has 20 heavy (non-hydrogen) atoms. The van der Waals surface area contributed by atoms with Gasteiger partial charge < -0.3 is 10.5 Å². The smallest absolute Gasteiger partial charge is 0.163 e. The van der Waals surface area contributed by atoms with Crippen LogP contribution in [0.3, 0.4) is 0 Å². The summed E-state index contributed by atoms with van der Waals surface area (Å²) in [4.78, 5) is 12.2. The van der Waals surface area contributed by atoms with E-state index in [1.807, 2.05) is 24.3 Å². The molecule has 1 aliphatic rings. The van der Waals surface area contributed by atoms with Crippen molar-refractivity contribution in [1.82, 2.24) is 0 Å². The molecular weight excluding hydrogens is 250 g/mol. The number of hydrogen-bond donors (Lipinski definition) is 1. The van der Waals surface area contributed by atoms with E-state index in [0.29, 0.717) is 25.0 Å². The second-order valence-corrected chi connectivity index (χ2v) is 5.66. The number of rotatable bonds is 9. The summed E-state index contributed by atoms with van der Waals surface area (Å²) in [6, 6.07) is 7.59. The second-order valence-electron chi connectivity index (χ2n) is 5.66. The standard InChI is InChI=1S/C17H25NO2/c1-2-13(10-11-18)6-9-17(19)14-4-3-5-16(12-14)20-15-7-8-15/h3-5,12-13,15H,2,6-11,18H2,1H3. The van der Waals surface area contributed by atoms with Crippen LogP contribution in [0.4, 0.5) is 0 Å². The summed E-state index contributed by atoms with van der Waals surface area (Å²) in [5.74, 6) is 1.60. The molecule has 0 aromatic heterocycles. The molecule has 3 heteroatoms. The van der Waals surface area contributed by atoms with E-state index in [2.05, 4.69) is 6.92 Å². The summed E-state index contributed by atoms with van der Waals surface area (Å²) in [5.41, 5.74) is 6.36. The number of hydrogen-bond acceptors (Lipinski definition) is 3. The van der Waals surface area contributed by atoms with Gasteiger partial charge in [0, 0.05) is 12.0 Å². The lowest BCUT2D eigenvalue weighted by Crippen LogP contribution is -2.10. The Hall–Kier alpha value is -1.35. The highest BCUT2D eigenvalue weighted by atomic mass is 16.5. The highest BCUT2D eigenvalue weighted by Gasteiger charge is 2.23. The van der Waals surface area contributed by atoms with Crippen LogP contribution in [0.15, 0.2) is 24.3 Å². The molecule has 0 aliphatic heterocycles. The predicted octanol–water partition coefficient (Wildman–Crippen LogP) is 3.57. The Kier molecular flexibility index (Phi) is 5.60. The van der Waals surface area contributed by atoms with Crippen LogP contribution in [0, 0.1) is 5.92 Å². The van der Waals surface area contributed by atoms with Crippen LogP contribution in [-0.2, 0) is 0 Å². The van der Waals surface area contributed by atoms with Gasteiger partial charge in [-0.25, -0.2) is 0 Å². The summed E-state index contributed by atoms with van der Waals surface area (Å²) in [7, 11) is 0. The topological polar surface area (TPSA) is 52.3 Å². The van der Waals surface area contributed by atoms with Crippen molar-refractivity contribution >= 4 is 5.78 Å². The van der Waals surface area contributed by atoms with Gasteiger partial charge in [0.15, 0.2) is 5.78 Å². The molecule has 0 radical (unpaired) electrons. The lowest BCUT2D eigenvalue weighted by molar-refractivity contribution is 0.0972. The van der Waals surface area contributed by atoms with E-state index in [9.17, 15) is 4.79 Å².